The van der Waals surface area contributed by atoms with Crippen LogP contribution in [0, 0.1) is 5.82 Å². The second-order valence-corrected chi connectivity index (χ2v) is 4.40. The number of benzene rings is 2. The van der Waals surface area contributed by atoms with Crippen LogP contribution in [0.25, 0.3) is 0 Å². The van der Waals surface area contributed by atoms with Crippen molar-refractivity contribution >= 4 is 27.5 Å². The lowest BCUT2D eigenvalue weighted by Gasteiger charge is -2.07. The van der Waals surface area contributed by atoms with Crippen molar-refractivity contribution in [1.82, 2.24) is 0 Å². The largest absolute Gasteiger partial charge is 0.508 e. The minimum atomic E-state index is -0.501. The molecule has 2 aromatic carbocycles. The summed E-state index contributed by atoms with van der Waals surface area (Å²) < 4.78 is 13.4. The van der Waals surface area contributed by atoms with E-state index in [2.05, 4.69) is 21.2 Å². The molecule has 5 heteroatoms. The van der Waals surface area contributed by atoms with E-state index in [0.29, 0.717) is 5.69 Å². The molecule has 18 heavy (non-hydrogen) atoms. The van der Waals surface area contributed by atoms with Crippen molar-refractivity contribution < 1.29 is 14.3 Å². The van der Waals surface area contributed by atoms with Gasteiger partial charge in [-0.15, -0.1) is 0 Å². The Morgan fingerprint density at radius 3 is 2.67 bits per heavy atom. The van der Waals surface area contributed by atoms with E-state index in [1.165, 1.54) is 30.3 Å². The summed E-state index contributed by atoms with van der Waals surface area (Å²) in [7, 11) is 0. The highest BCUT2D eigenvalue weighted by Gasteiger charge is 2.13. The topological polar surface area (TPSA) is 49.3 Å². The summed E-state index contributed by atoms with van der Waals surface area (Å²) in [4.78, 5) is 11.9. The lowest BCUT2D eigenvalue weighted by Crippen LogP contribution is -2.12. The molecular weight excluding hydrogens is 301 g/mol. The maximum atomic E-state index is 13.3. The van der Waals surface area contributed by atoms with Crippen LogP contribution in [0.15, 0.2) is 46.9 Å². The number of nitrogens with one attached hydrogen (secondary N) is 1. The molecule has 0 bridgehead atoms. The van der Waals surface area contributed by atoms with E-state index in [9.17, 15) is 14.3 Å². The molecule has 2 N–H and O–H groups in total. The number of anilines is 1. The maximum absolute atomic E-state index is 13.3. The third-order valence-corrected chi connectivity index (χ3v) is 3.11. The first kappa shape index (κ1) is 12.6. The standard InChI is InChI=1S/C13H9BrFNO2/c14-12-10(5-2-6-11(12)15)13(18)16-8-3-1-4-9(17)7-8/h1-7,17H,(H,16,18). The molecular formula is C13H9BrFNO2. The first-order valence-electron chi connectivity index (χ1n) is 5.12. The molecule has 0 spiro atoms. The van der Waals surface area contributed by atoms with Gasteiger partial charge in [0.1, 0.15) is 11.6 Å². The maximum Gasteiger partial charge on any atom is 0.256 e. The van der Waals surface area contributed by atoms with Gasteiger partial charge >= 0.3 is 0 Å². The fourth-order valence-corrected chi connectivity index (χ4v) is 1.91. The number of carbonyl (C=O) groups is 1. The molecule has 0 heterocycles. The van der Waals surface area contributed by atoms with Gasteiger partial charge in [0.15, 0.2) is 0 Å². The average Bonchev–Trinajstić information content (AvgIpc) is 2.32. The number of aromatic hydroxyl groups is 1. The zero-order valence-corrected chi connectivity index (χ0v) is 10.7. The van der Waals surface area contributed by atoms with Gasteiger partial charge in [0, 0.05) is 11.8 Å². The molecule has 0 saturated carbocycles. The van der Waals surface area contributed by atoms with E-state index in [1.54, 1.807) is 12.1 Å². The van der Waals surface area contributed by atoms with Crippen LogP contribution in [0.4, 0.5) is 10.1 Å². The molecule has 0 saturated heterocycles. The second-order valence-electron chi connectivity index (χ2n) is 3.61. The predicted octanol–water partition coefficient (Wildman–Crippen LogP) is 3.55. The first-order chi connectivity index (χ1) is 8.58. The van der Waals surface area contributed by atoms with Gasteiger partial charge in [0.25, 0.3) is 5.91 Å². The zero-order chi connectivity index (χ0) is 13.1. The molecule has 0 aliphatic carbocycles. The lowest BCUT2D eigenvalue weighted by atomic mass is 10.2. The highest BCUT2D eigenvalue weighted by atomic mass is 79.9. The zero-order valence-electron chi connectivity index (χ0n) is 9.15. The Balaban J connectivity index is 2.25. The highest BCUT2D eigenvalue weighted by molar-refractivity contribution is 9.10. The SMILES string of the molecule is O=C(Nc1cccc(O)c1)c1cccc(F)c1Br. The average molecular weight is 310 g/mol. The van der Waals surface area contributed by atoms with E-state index < -0.39 is 11.7 Å². The summed E-state index contributed by atoms with van der Waals surface area (Å²) in [5, 5.41) is 11.8. The van der Waals surface area contributed by atoms with Crippen LogP contribution in [0.3, 0.4) is 0 Å². The van der Waals surface area contributed by atoms with Gasteiger partial charge in [-0.25, -0.2) is 4.39 Å². The molecule has 0 aliphatic heterocycles. The normalized spacial score (nSPS) is 10.1. The number of hydrogen-bond acceptors (Lipinski definition) is 2. The summed E-state index contributed by atoms with van der Waals surface area (Å²) in [6.45, 7) is 0. The van der Waals surface area contributed by atoms with Gasteiger partial charge in [0.05, 0.1) is 10.0 Å². The summed E-state index contributed by atoms with van der Waals surface area (Å²) in [5.74, 6) is -0.906. The van der Waals surface area contributed by atoms with Gasteiger partial charge in [-0.05, 0) is 40.2 Å². The number of halogens is 2. The Kier molecular flexibility index (Phi) is 3.62. The van der Waals surface area contributed by atoms with Crippen molar-refractivity contribution in [3.05, 3.63) is 58.3 Å². The van der Waals surface area contributed by atoms with Crippen molar-refractivity contribution in [3.8, 4) is 5.75 Å². The van der Waals surface area contributed by atoms with E-state index in [0.717, 1.165) is 0 Å². The number of hydrogen-bond donors (Lipinski definition) is 2. The molecule has 2 aromatic rings. The fraction of sp³-hybridized carbons (Fsp3) is 0. The van der Waals surface area contributed by atoms with Crippen LogP contribution >= 0.6 is 15.9 Å². The number of phenols is 1. The van der Waals surface area contributed by atoms with Crippen LogP contribution < -0.4 is 5.32 Å². The molecule has 2 rings (SSSR count). The van der Waals surface area contributed by atoms with Crippen LogP contribution in [0.1, 0.15) is 10.4 Å². The first-order valence-corrected chi connectivity index (χ1v) is 5.91. The Bertz CT molecular complexity index is 601. The molecule has 0 aromatic heterocycles. The van der Waals surface area contributed by atoms with Crippen molar-refractivity contribution in [2.75, 3.05) is 5.32 Å². The summed E-state index contributed by atoms with van der Waals surface area (Å²) in [6, 6.07) is 10.4. The molecule has 0 aliphatic rings. The van der Waals surface area contributed by atoms with Crippen LogP contribution in [-0.4, -0.2) is 11.0 Å². The molecule has 92 valence electrons. The van der Waals surface area contributed by atoms with Crippen LogP contribution in [0.5, 0.6) is 5.75 Å². The van der Waals surface area contributed by atoms with Gasteiger partial charge in [0.2, 0.25) is 0 Å². The van der Waals surface area contributed by atoms with E-state index in [4.69, 9.17) is 0 Å². The minimum Gasteiger partial charge on any atom is -0.508 e. The third-order valence-electron chi connectivity index (χ3n) is 2.30. The Labute approximate surface area is 111 Å². The van der Waals surface area contributed by atoms with Crippen molar-refractivity contribution in [2.45, 2.75) is 0 Å². The van der Waals surface area contributed by atoms with E-state index in [-0.39, 0.29) is 15.8 Å². The van der Waals surface area contributed by atoms with Crippen molar-refractivity contribution in [1.29, 1.82) is 0 Å². The number of rotatable bonds is 2. The Morgan fingerprint density at radius 2 is 1.94 bits per heavy atom. The number of phenolic OH excluding ortho intramolecular Hbond substituents is 1. The van der Waals surface area contributed by atoms with Gasteiger partial charge < -0.3 is 10.4 Å². The second kappa shape index (κ2) is 5.18. The van der Waals surface area contributed by atoms with Gasteiger partial charge in [-0.1, -0.05) is 12.1 Å². The highest BCUT2D eigenvalue weighted by Crippen LogP contribution is 2.22. The molecule has 0 atom stereocenters. The molecule has 0 radical (unpaired) electrons. The van der Waals surface area contributed by atoms with Crippen molar-refractivity contribution in [3.63, 3.8) is 0 Å². The fourth-order valence-electron chi connectivity index (χ4n) is 1.46. The lowest BCUT2D eigenvalue weighted by molar-refractivity contribution is 0.102. The number of carbonyl (C=O) groups excluding carboxylic acids is 1. The van der Waals surface area contributed by atoms with E-state index >= 15 is 0 Å². The molecule has 0 unspecified atom stereocenters. The monoisotopic (exact) mass is 309 g/mol. The number of amides is 1. The minimum absolute atomic E-state index is 0.0473. The quantitative estimate of drug-likeness (QED) is 0.891. The molecule has 3 nitrogen and oxygen atoms in total. The summed E-state index contributed by atoms with van der Waals surface area (Å²) >= 11 is 3.02. The van der Waals surface area contributed by atoms with Crippen LogP contribution in [0.2, 0.25) is 0 Å². The Hall–Kier alpha value is -1.88. The molecule has 1 amide bonds. The summed E-state index contributed by atoms with van der Waals surface area (Å²) in [5.41, 5.74) is 0.634. The smallest absolute Gasteiger partial charge is 0.256 e. The Morgan fingerprint density at radius 1 is 1.22 bits per heavy atom. The molecule has 0 fully saturated rings. The van der Waals surface area contributed by atoms with Gasteiger partial charge in [-0.2, -0.15) is 0 Å². The van der Waals surface area contributed by atoms with Gasteiger partial charge in [-0.3, -0.25) is 4.79 Å². The summed E-state index contributed by atoms with van der Waals surface area (Å²) in [6.07, 6.45) is 0. The van der Waals surface area contributed by atoms with Crippen molar-refractivity contribution in [2.24, 2.45) is 0 Å². The van der Waals surface area contributed by atoms with Crippen LogP contribution in [-0.2, 0) is 0 Å². The third kappa shape index (κ3) is 2.68. The van der Waals surface area contributed by atoms with E-state index in [1.807, 2.05) is 0 Å². The predicted molar refractivity (Wildman–Crippen MR) is 70.2 cm³/mol.